The highest BCUT2D eigenvalue weighted by Gasteiger charge is 2.22. The van der Waals surface area contributed by atoms with E-state index in [4.69, 9.17) is 10.8 Å². The van der Waals surface area contributed by atoms with E-state index in [2.05, 4.69) is 5.32 Å². The highest BCUT2D eigenvalue weighted by Crippen LogP contribution is 2.09. The van der Waals surface area contributed by atoms with Crippen LogP contribution in [-0.4, -0.2) is 34.9 Å². The summed E-state index contributed by atoms with van der Waals surface area (Å²) in [4.78, 5) is 11.7. The molecular weight excluding hydrogens is 220 g/mol. The maximum Gasteiger partial charge on any atom is 0.241 e. The lowest BCUT2D eigenvalue weighted by Gasteiger charge is -2.22. The summed E-state index contributed by atoms with van der Waals surface area (Å²) in [6, 6.07) is 8.18. The van der Waals surface area contributed by atoms with Crippen LogP contribution < -0.4 is 11.1 Å². The zero-order chi connectivity index (χ0) is 12.9. The average Bonchev–Trinajstić information content (AvgIpc) is 2.36. The van der Waals surface area contributed by atoms with Crippen molar-refractivity contribution in [3.8, 4) is 0 Å². The number of rotatable bonds is 5. The van der Waals surface area contributed by atoms with Crippen LogP contribution in [0.1, 0.15) is 18.5 Å². The van der Waals surface area contributed by atoms with Gasteiger partial charge in [-0.05, 0) is 12.5 Å². The van der Waals surface area contributed by atoms with Gasteiger partial charge in [0.15, 0.2) is 0 Å². The second kappa shape index (κ2) is 5.77. The number of hydrogen-bond donors (Lipinski definition) is 4. The van der Waals surface area contributed by atoms with Gasteiger partial charge in [0.2, 0.25) is 5.91 Å². The number of nitrogens with one attached hydrogen (secondary N) is 1. The van der Waals surface area contributed by atoms with Gasteiger partial charge in [0, 0.05) is 6.54 Å². The molecule has 0 aliphatic rings. The van der Waals surface area contributed by atoms with E-state index in [1.165, 1.54) is 6.92 Å². The summed E-state index contributed by atoms with van der Waals surface area (Å²) in [6.45, 7) is 0.970. The maximum absolute atomic E-state index is 11.7. The van der Waals surface area contributed by atoms with Gasteiger partial charge in [0.05, 0.1) is 6.61 Å². The van der Waals surface area contributed by atoms with Crippen molar-refractivity contribution in [1.82, 2.24) is 5.32 Å². The Morgan fingerprint density at radius 2 is 2.06 bits per heavy atom. The Kier molecular flexibility index (Phi) is 4.62. The van der Waals surface area contributed by atoms with Crippen LogP contribution in [0.25, 0.3) is 0 Å². The first-order valence-corrected chi connectivity index (χ1v) is 5.38. The van der Waals surface area contributed by atoms with Crippen LogP contribution in [0.15, 0.2) is 30.3 Å². The molecule has 1 aromatic carbocycles. The molecule has 0 aliphatic carbocycles. The van der Waals surface area contributed by atoms with Crippen molar-refractivity contribution >= 4 is 5.91 Å². The predicted molar refractivity (Wildman–Crippen MR) is 64.1 cm³/mol. The largest absolute Gasteiger partial charge is 0.393 e. The molecule has 2 atom stereocenters. The predicted octanol–water partition coefficient (Wildman–Crippen LogP) is -0.454. The SMILES string of the molecule is CC(O)(CO)CNC(=O)C(N)c1ccccc1. The zero-order valence-electron chi connectivity index (χ0n) is 9.76. The molecule has 94 valence electrons. The van der Waals surface area contributed by atoms with Gasteiger partial charge < -0.3 is 21.3 Å². The number of carbonyl (C=O) groups excluding carboxylic acids is 1. The number of benzene rings is 1. The van der Waals surface area contributed by atoms with Crippen molar-refractivity contribution in [3.05, 3.63) is 35.9 Å². The number of amides is 1. The molecule has 5 nitrogen and oxygen atoms in total. The second-order valence-electron chi connectivity index (χ2n) is 4.26. The van der Waals surface area contributed by atoms with Gasteiger partial charge >= 0.3 is 0 Å². The molecule has 0 fully saturated rings. The minimum atomic E-state index is -1.33. The maximum atomic E-state index is 11.7. The molecule has 0 radical (unpaired) electrons. The number of carbonyl (C=O) groups is 1. The van der Waals surface area contributed by atoms with Gasteiger partial charge in [0.25, 0.3) is 0 Å². The topological polar surface area (TPSA) is 95.6 Å². The van der Waals surface area contributed by atoms with Crippen molar-refractivity contribution in [2.75, 3.05) is 13.2 Å². The van der Waals surface area contributed by atoms with E-state index in [1.54, 1.807) is 24.3 Å². The molecule has 0 heterocycles. The van der Waals surface area contributed by atoms with Crippen molar-refractivity contribution in [2.45, 2.75) is 18.6 Å². The molecule has 17 heavy (non-hydrogen) atoms. The first-order chi connectivity index (χ1) is 7.96. The highest BCUT2D eigenvalue weighted by molar-refractivity contribution is 5.82. The Morgan fingerprint density at radius 1 is 1.47 bits per heavy atom. The molecule has 0 aliphatic heterocycles. The summed E-state index contributed by atoms with van der Waals surface area (Å²) in [6.07, 6.45) is 0. The third-order valence-electron chi connectivity index (χ3n) is 2.43. The number of nitrogens with two attached hydrogens (primary N) is 1. The molecule has 0 saturated heterocycles. The lowest BCUT2D eigenvalue weighted by molar-refractivity contribution is -0.124. The fraction of sp³-hybridized carbons (Fsp3) is 0.417. The third kappa shape index (κ3) is 4.14. The van der Waals surface area contributed by atoms with Crippen molar-refractivity contribution in [3.63, 3.8) is 0 Å². The van der Waals surface area contributed by atoms with Gasteiger partial charge in [-0.1, -0.05) is 30.3 Å². The number of aliphatic hydroxyl groups is 2. The summed E-state index contributed by atoms with van der Waals surface area (Å²) in [5, 5.41) is 20.8. The van der Waals surface area contributed by atoms with E-state index in [1.807, 2.05) is 6.07 Å². The smallest absolute Gasteiger partial charge is 0.241 e. The molecule has 0 bridgehead atoms. The van der Waals surface area contributed by atoms with Gasteiger partial charge in [-0.25, -0.2) is 0 Å². The third-order valence-corrected chi connectivity index (χ3v) is 2.43. The van der Waals surface area contributed by atoms with Crippen molar-refractivity contribution in [1.29, 1.82) is 0 Å². The number of hydrogen-bond acceptors (Lipinski definition) is 4. The van der Waals surface area contributed by atoms with Crippen LogP contribution in [0.2, 0.25) is 0 Å². The van der Waals surface area contributed by atoms with E-state index in [0.29, 0.717) is 5.56 Å². The normalized spacial score (nSPS) is 16.0. The summed E-state index contributed by atoms with van der Waals surface area (Å²) >= 11 is 0. The second-order valence-corrected chi connectivity index (χ2v) is 4.26. The Bertz CT molecular complexity index is 365. The minimum Gasteiger partial charge on any atom is -0.393 e. The quantitative estimate of drug-likeness (QED) is 0.558. The molecule has 2 unspecified atom stereocenters. The minimum absolute atomic E-state index is 0.0388. The molecule has 1 aromatic rings. The van der Waals surface area contributed by atoms with E-state index >= 15 is 0 Å². The average molecular weight is 238 g/mol. The van der Waals surface area contributed by atoms with E-state index in [-0.39, 0.29) is 12.5 Å². The molecule has 0 aromatic heterocycles. The summed E-state index contributed by atoms with van der Waals surface area (Å²) in [5.41, 5.74) is 5.13. The first-order valence-electron chi connectivity index (χ1n) is 5.38. The first kappa shape index (κ1) is 13.6. The Labute approximate surface area is 100 Å². The fourth-order valence-electron chi connectivity index (χ4n) is 1.26. The van der Waals surface area contributed by atoms with Crippen LogP contribution in [-0.2, 0) is 4.79 Å². The molecular formula is C12H18N2O3. The molecule has 1 amide bonds. The monoisotopic (exact) mass is 238 g/mol. The fourth-order valence-corrected chi connectivity index (χ4v) is 1.26. The van der Waals surface area contributed by atoms with Gasteiger partial charge in [0.1, 0.15) is 11.6 Å². The lowest BCUT2D eigenvalue weighted by atomic mass is 10.1. The zero-order valence-corrected chi connectivity index (χ0v) is 9.76. The van der Waals surface area contributed by atoms with E-state index in [9.17, 15) is 9.90 Å². The summed E-state index contributed by atoms with van der Waals surface area (Å²) in [7, 11) is 0. The van der Waals surface area contributed by atoms with Crippen LogP contribution in [0, 0.1) is 0 Å². The lowest BCUT2D eigenvalue weighted by Crippen LogP contribution is -2.45. The highest BCUT2D eigenvalue weighted by atomic mass is 16.3. The van der Waals surface area contributed by atoms with Crippen molar-refractivity contribution < 1.29 is 15.0 Å². The molecule has 0 spiro atoms. The van der Waals surface area contributed by atoms with Crippen molar-refractivity contribution in [2.24, 2.45) is 5.73 Å². The molecule has 1 rings (SSSR count). The van der Waals surface area contributed by atoms with Crippen LogP contribution in [0.4, 0.5) is 0 Å². The van der Waals surface area contributed by atoms with Gasteiger partial charge in [-0.2, -0.15) is 0 Å². The van der Waals surface area contributed by atoms with Crippen LogP contribution in [0.5, 0.6) is 0 Å². The Morgan fingerprint density at radius 3 is 2.59 bits per heavy atom. The van der Waals surface area contributed by atoms with Crippen LogP contribution in [0.3, 0.4) is 0 Å². The van der Waals surface area contributed by atoms with Gasteiger partial charge in [-0.3, -0.25) is 4.79 Å². The van der Waals surface area contributed by atoms with E-state index < -0.39 is 18.2 Å². The summed E-state index contributed by atoms with van der Waals surface area (Å²) < 4.78 is 0. The Hall–Kier alpha value is -1.43. The molecule has 0 saturated carbocycles. The van der Waals surface area contributed by atoms with Crippen LogP contribution >= 0.6 is 0 Å². The molecule has 5 N–H and O–H groups in total. The standard InChI is InChI=1S/C12H18N2O3/c1-12(17,8-15)7-14-11(16)10(13)9-5-3-2-4-6-9/h2-6,10,15,17H,7-8,13H2,1H3,(H,14,16). The molecule has 5 heteroatoms. The number of aliphatic hydroxyl groups excluding tert-OH is 1. The Balaban J connectivity index is 2.54. The van der Waals surface area contributed by atoms with E-state index in [0.717, 1.165) is 0 Å². The van der Waals surface area contributed by atoms with Gasteiger partial charge in [-0.15, -0.1) is 0 Å². The summed E-state index contributed by atoms with van der Waals surface area (Å²) in [5.74, 6) is -0.384.